The summed E-state index contributed by atoms with van der Waals surface area (Å²) in [7, 11) is 0. The van der Waals surface area contributed by atoms with Gasteiger partial charge in [-0.05, 0) is 27.7 Å². The molecule has 2 N–H and O–H groups in total. The second kappa shape index (κ2) is 5.34. The second-order valence-corrected chi connectivity index (χ2v) is 5.32. The van der Waals surface area contributed by atoms with Crippen LogP contribution in [-0.2, 0) is 4.43 Å². The number of halogens is 1. The van der Waals surface area contributed by atoms with Gasteiger partial charge in [0.25, 0.3) is 5.91 Å². The highest BCUT2D eigenvalue weighted by Gasteiger charge is 2.26. The predicted octanol–water partition coefficient (Wildman–Crippen LogP) is 1.81. The highest BCUT2D eigenvalue weighted by molar-refractivity contribution is 14.1. The third kappa shape index (κ3) is 3.41. The van der Waals surface area contributed by atoms with Gasteiger partial charge in [0, 0.05) is 5.56 Å². The number of nitrogens with zero attached hydrogens (tertiary/aromatic N) is 1. The van der Waals surface area contributed by atoms with E-state index in [9.17, 15) is 9.90 Å². The molecule has 0 aliphatic rings. The monoisotopic (exact) mass is 352 g/mol. The van der Waals surface area contributed by atoms with Gasteiger partial charge in [0.2, 0.25) is 0 Å². The van der Waals surface area contributed by atoms with E-state index < -0.39 is 5.60 Å². The average molecular weight is 352 g/mol. The van der Waals surface area contributed by atoms with E-state index in [1.807, 2.05) is 0 Å². The number of nitrogens with one attached hydrogen (secondary N) is 1. The maximum absolute atomic E-state index is 11.9. The molecule has 0 fully saturated rings. The quantitative estimate of drug-likeness (QED) is 0.640. The van der Waals surface area contributed by atoms with Gasteiger partial charge in [0.05, 0.1) is 16.1 Å². The Hall–Kier alpha value is -0.630. The summed E-state index contributed by atoms with van der Waals surface area (Å²) in [5.41, 5.74) is 0.0620. The highest BCUT2D eigenvalue weighted by atomic mass is 127. The van der Waals surface area contributed by atoms with E-state index in [0.717, 1.165) is 5.56 Å². The van der Waals surface area contributed by atoms with Crippen molar-refractivity contribution < 1.29 is 14.4 Å². The standard InChI is InChI=1S/C11H17IN2O3/c1-6-8(5-12)17-14-9(6)10(15)13-7(2)11(3,4)16/h7,16H,5H2,1-4H3,(H,13,15). The minimum atomic E-state index is -0.973. The highest BCUT2D eigenvalue weighted by Crippen LogP contribution is 2.16. The van der Waals surface area contributed by atoms with Gasteiger partial charge in [0.1, 0.15) is 5.76 Å². The van der Waals surface area contributed by atoms with Crippen molar-refractivity contribution in [3.8, 4) is 0 Å². The van der Waals surface area contributed by atoms with Crippen LogP contribution in [-0.4, -0.2) is 27.8 Å². The lowest BCUT2D eigenvalue weighted by Crippen LogP contribution is -2.47. The molecule has 0 radical (unpaired) electrons. The first-order chi connectivity index (χ1) is 7.77. The van der Waals surface area contributed by atoms with Crippen LogP contribution in [0.5, 0.6) is 0 Å². The molecule has 1 heterocycles. The first-order valence-electron chi connectivity index (χ1n) is 5.31. The van der Waals surface area contributed by atoms with Crippen LogP contribution in [0.25, 0.3) is 0 Å². The Balaban J connectivity index is 2.80. The number of rotatable bonds is 4. The lowest BCUT2D eigenvalue weighted by atomic mass is 10.0. The van der Waals surface area contributed by atoms with Crippen LogP contribution in [0, 0.1) is 6.92 Å². The zero-order valence-electron chi connectivity index (χ0n) is 10.4. The number of carbonyl (C=O) groups is 1. The van der Waals surface area contributed by atoms with E-state index in [-0.39, 0.29) is 17.6 Å². The minimum Gasteiger partial charge on any atom is -0.388 e. The van der Waals surface area contributed by atoms with Crippen molar-refractivity contribution in [2.75, 3.05) is 0 Å². The van der Waals surface area contributed by atoms with Crippen LogP contribution in [0.3, 0.4) is 0 Å². The number of aromatic nitrogens is 1. The van der Waals surface area contributed by atoms with Crippen molar-refractivity contribution in [3.63, 3.8) is 0 Å². The summed E-state index contributed by atoms with van der Waals surface area (Å²) in [6.07, 6.45) is 0. The largest absolute Gasteiger partial charge is 0.388 e. The number of hydrogen-bond donors (Lipinski definition) is 2. The Bertz CT molecular complexity index is 409. The van der Waals surface area contributed by atoms with Crippen LogP contribution >= 0.6 is 22.6 Å². The summed E-state index contributed by atoms with van der Waals surface area (Å²) in [6.45, 7) is 6.83. The van der Waals surface area contributed by atoms with Gasteiger partial charge in [0.15, 0.2) is 5.69 Å². The molecule has 1 aromatic rings. The Morgan fingerprint density at radius 1 is 1.65 bits per heavy atom. The molecule has 0 aliphatic heterocycles. The molecule has 17 heavy (non-hydrogen) atoms. The van der Waals surface area contributed by atoms with E-state index in [4.69, 9.17) is 4.52 Å². The molecule has 0 saturated heterocycles. The fraction of sp³-hybridized carbons (Fsp3) is 0.636. The molecule has 1 atom stereocenters. The van der Waals surface area contributed by atoms with Crippen molar-refractivity contribution >= 4 is 28.5 Å². The molecule has 6 heteroatoms. The summed E-state index contributed by atoms with van der Waals surface area (Å²) in [6, 6.07) is -0.367. The fourth-order valence-corrected chi connectivity index (χ4v) is 1.86. The van der Waals surface area contributed by atoms with E-state index in [2.05, 4.69) is 33.1 Å². The molecule has 96 valence electrons. The van der Waals surface area contributed by atoms with Gasteiger partial charge >= 0.3 is 0 Å². The Labute approximate surface area is 114 Å². The lowest BCUT2D eigenvalue weighted by Gasteiger charge is -2.26. The van der Waals surface area contributed by atoms with Gasteiger partial charge < -0.3 is 14.9 Å². The number of amides is 1. The van der Waals surface area contributed by atoms with Crippen molar-refractivity contribution in [1.82, 2.24) is 10.5 Å². The van der Waals surface area contributed by atoms with Crippen LogP contribution in [0.2, 0.25) is 0 Å². The number of hydrogen-bond acceptors (Lipinski definition) is 4. The zero-order valence-corrected chi connectivity index (χ0v) is 12.5. The molecular weight excluding hydrogens is 335 g/mol. The SMILES string of the molecule is Cc1c(C(=O)NC(C)C(C)(C)O)noc1CI. The summed E-state index contributed by atoms with van der Waals surface area (Å²) in [4.78, 5) is 11.9. The first-order valence-corrected chi connectivity index (χ1v) is 6.84. The van der Waals surface area contributed by atoms with Gasteiger partial charge in [-0.25, -0.2) is 0 Å². The van der Waals surface area contributed by atoms with Crippen LogP contribution < -0.4 is 5.32 Å². The van der Waals surface area contributed by atoms with E-state index >= 15 is 0 Å². The molecule has 1 rings (SSSR count). The molecule has 0 bridgehead atoms. The molecule has 1 unspecified atom stereocenters. The maximum atomic E-state index is 11.9. The molecule has 0 spiro atoms. The molecule has 0 saturated carbocycles. The Morgan fingerprint density at radius 3 is 2.65 bits per heavy atom. The van der Waals surface area contributed by atoms with Gasteiger partial charge in [-0.1, -0.05) is 27.7 Å². The van der Waals surface area contributed by atoms with Crippen molar-refractivity contribution in [2.45, 2.75) is 43.8 Å². The van der Waals surface area contributed by atoms with Gasteiger partial charge in [-0.15, -0.1) is 0 Å². The summed E-state index contributed by atoms with van der Waals surface area (Å²) < 4.78 is 5.72. The van der Waals surface area contributed by atoms with E-state index in [1.165, 1.54) is 0 Å². The van der Waals surface area contributed by atoms with Crippen molar-refractivity contribution in [2.24, 2.45) is 0 Å². The zero-order chi connectivity index (χ0) is 13.2. The topological polar surface area (TPSA) is 75.4 Å². The first kappa shape index (κ1) is 14.4. The van der Waals surface area contributed by atoms with Gasteiger partial charge in [-0.3, -0.25) is 4.79 Å². The maximum Gasteiger partial charge on any atom is 0.274 e. The normalized spacial score (nSPS) is 13.5. The Kier molecular flexibility index (Phi) is 4.54. The molecule has 1 amide bonds. The molecule has 5 nitrogen and oxygen atoms in total. The smallest absolute Gasteiger partial charge is 0.274 e. The molecule has 0 aromatic carbocycles. The third-order valence-corrected chi connectivity index (χ3v) is 3.46. The fourth-order valence-electron chi connectivity index (χ4n) is 1.15. The number of carbonyl (C=O) groups excluding carboxylic acids is 1. The third-order valence-electron chi connectivity index (χ3n) is 2.76. The van der Waals surface area contributed by atoms with Gasteiger partial charge in [-0.2, -0.15) is 0 Å². The molecule has 1 aromatic heterocycles. The summed E-state index contributed by atoms with van der Waals surface area (Å²) in [5, 5.41) is 16.2. The Morgan fingerprint density at radius 2 is 2.24 bits per heavy atom. The lowest BCUT2D eigenvalue weighted by molar-refractivity contribution is 0.0406. The molecular formula is C11H17IN2O3. The van der Waals surface area contributed by atoms with Crippen LogP contribution in [0.4, 0.5) is 0 Å². The molecule has 0 aliphatic carbocycles. The van der Waals surface area contributed by atoms with E-state index in [1.54, 1.807) is 27.7 Å². The minimum absolute atomic E-state index is 0.285. The van der Waals surface area contributed by atoms with Crippen molar-refractivity contribution in [3.05, 3.63) is 17.0 Å². The van der Waals surface area contributed by atoms with Crippen LogP contribution in [0.1, 0.15) is 42.6 Å². The van der Waals surface area contributed by atoms with Crippen LogP contribution in [0.15, 0.2) is 4.52 Å². The predicted molar refractivity (Wildman–Crippen MR) is 72.2 cm³/mol. The summed E-state index contributed by atoms with van der Waals surface area (Å²) in [5.74, 6) is 0.378. The average Bonchev–Trinajstić information content (AvgIpc) is 2.57. The van der Waals surface area contributed by atoms with E-state index in [0.29, 0.717) is 10.2 Å². The second-order valence-electron chi connectivity index (χ2n) is 4.56. The summed E-state index contributed by atoms with van der Waals surface area (Å²) >= 11 is 2.15. The van der Waals surface area contributed by atoms with Crippen molar-refractivity contribution in [1.29, 1.82) is 0 Å². The number of alkyl halides is 1. The number of aliphatic hydroxyl groups is 1.